The van der Waals surface area contributed by atoms with E-state index in [0.717, 1.165) is 64.2 Å². The van der Waals surface area contributed by atoms with E-state index < -0.39 is 73.3 Å². The Balaban J connectivity index is 1.14. The predicted octanol–water partition coefficient (Wildman–Crippen LogP) is 4.55. The van der Waals surface area contributed by atoms with Crippen LogP contribution >= 0.6 is 0 Å². The molecule has 52 heavy (non-hydrogen) atoms. The summed E-state index contributed by atoms with van der Waals surface area (Å²) in [6, 6.07) is 0. The Morgan fingerprint density at radius 1 is 0.808 bits per heavy atom. The first-order valence-corrected chi connectivity index (χ1v) is 20.1. The summed E-state index contributed by atoms with van der Waals surface area (Å²) >= 11 is 0. The molecule has 0 bridgehead atoms. The van der Waals surface area contributed by atoms with E-state index in [0.29, 0.717) is 11.8 Å². The van der Waals surface area contributed by atoms with Crippen LogP contribution in [-0.4, -0.2) is 105 Å². The molecule has 5 aliphatic carbocycles. The van der Waals surface area contributed by atoms with Gasteiger partial charge in [0, 0.05) is 0 Å². The fourth-order valence-corrected chi connectivity index (χ4v) is 13.4. The molecule has 7 aliphatic rings. The number of carboxylic acids is 1. The van der Waals surface area contributed by atoms with E-state index in [1.807, 2.05) is 0 Å². The van der Waals surface area contributed by atoms with Crippen LogP contribution in [0.1, 0.15) is 120 Å². The van der Waals surface area contributed by atoms with Crippen LogP contribution in [-0.2, 0) is 23.7 Å². The maximum Gasteiger partial charge on any atom is 0.310 e. The molecule has 7 rings (SSSR count). The lowest BCUT2D eigenvalue weighted by atomic mass is 9.33. The normalized spacial score (nSPS) is 53.9. The average Bonchev–Trinajstić information content (AvgIpc) is 3.34. The molecule has 17 unspecified atom stereocenters. The van der Waals surface area contributed by atoms with E-state index in [-0.39, 0.29) is 39.1 Å². The lowest BCUT2D eigenvalue weighted by Gasteiger charge is -2.71. The Bertz CT molecular complexity index is 1410. The monoisotopic (exact) mass is 734 g/mol. The molecule has 2 heterocycles. The van der Waals surface area contributed by atoms with E-state index in [2.05, 4.69) is 54.5 Å². The molecule has 0 aromatic carbocycles. The number of aliphatic hydroxyl groups is 5. The molecule has 2 saturated heterocycles. The van der Waals surface area contributed by atoms with Crippen LogP contribution < -0.4 is 0 Å². The predicted molar refractivity (Wildman–Crippen MR) is 191 cm³/mol. The molecule has 0 radical (unpaired) electrons. The number of allylic oxidation sites excluding steroid dienone is 2. The Labute approximate surface area is 309 Å². The number of rotatable bonds is 6. The zero-order valence-corrected chi connectivity index (χ0v) is 32.6. The van der Waals surface area contributed by atoms with Gasteiger partial charge < -0.3 is 49.6 Å². The van der Waals surface area contributed by atoms with Crippen molar-refractivity contribution in [3.8, 4) is 0 Å². The Morgan fingerprint density at radius 3 is 2.15 bits per heavy atom. The molecule has 0 amide bonds. The fraction of sp³-hybridized carbons (Fsp3) is 0.927. The minimum Gasteiger partial charge on any atom is -0.481 e. The number of aliphatic hydroxyl groups excluding tert-OH is 5. The van der Waals surface area contributed by atoms with Crippen LogP contribution in [0, 0.1) is 50.2 Å². The van der Waals surface area contributed by atoms with Crippen molar-refractivity contribution in [3.05, 3.63) is 11.6 Å². The van der Waals surface area contributed by atoms with E-state index in [1.54, 1.807) is 6.92 Å². The maximum atomic E-state index is 13.0. The summed E-state index contributed by atoms with van der Waals surface area (Å²) in [5.41, 5.74) is 0.567. The van der Waals surface area contributed by atoms with E-state index in [4.69, 9.17) is 18.9 Å². The van der Waals surface area contributed by atoms with Gasteiger partial charge in [-0.2, -0.15) is 0 Å². The average molecular weight is 735 g/mol. The van der Waals surface area contributed by atoms with Gasteiger partial charge in [-0.1, -0.05) is 60.1 Å². The highest BCUT2D eigenvalue weighted by atomic mass is 16.8. The van der Waals surface area contributed by atoms with Gasteiger partial charge >= 0.3 is 5.97 Å². The quantitative estimate of drug-likeness (QED) is 0.167. The molecule has 17 atom stereocenters. The number of ether oxygens (including phenoxy) is 4. The standard InChI is InChI=1S/C41H66O11/c1-21-28(43)30(45)32(52-33-31(46)29(44)24(20-42)50-33)34(49-21)51-27-12-13-38(6)25(37(27,4)5)11-14-40(8)26(38)10-9-22-23-19-36(2,3)15-17-41(23,35(47)48)18-16-39(22,40)7/h9,21,23-34,42-46H,10-20H2,1-8H3,(H,47,48). The molecule has 6 N–H and O–H groups in total. The highest BCUT2D eigenvalue weighted by molar-refractivity contribution is 5.76. The third kappa shape index (κ3) is 5.56. The van der Waals surface area contributed by atoms with E-state index in [9.17, 15) is 35.4 Å². The highest BCUT2D eigenvalue weighted by Crippen LogP contribution is 2.76. The molecular weight excluding hydrogens is 668 g/mol. The lowest BCUT2D eigenvalue weighted by molar-refractivity contribution is -0.352. The number of hydrogen-bond donors (Lipinski definition) is 6. The van der Waals surface area contributed by atoms with Crippen LogP contribution in [0.2, 0.25) is 0 Å². The van der Waals surface area contributed by atoms with Crippen LogP contribution in [0.4, 0.5) is 0 Å². The molecule has 6 fully saturated rings. The van der Waals surface area contributed by atoms with Gasteiger partial charge in [0.05, 0.1) is 24.2 Å². The van der Waals surface area contributed by atoms with Gasteiger partial charge in [-0.15, -0.1) is 0 Å². The molecule has 4 saturated carbocycles. The van der Waals surface area contributed by atoms with Crippen molar-refractivity contribution in [3.63, 3.8) is 0 Å². The van der Waals surface area contributed by atoms with Crippen molar-refractivity contribution in [2.75, 3.05) is 6.61 Å². The first-order valence-electron chi connectivity index (χ1n) is 20.1. The smallest absolute Gasteiger partial charge is 0.310 e. The van der Waals surface area contributed by atoms with Gasteiger partial charge in [-0.05, 0) is 116 Å². The Hall–Kier alpha value is -1.15. The SMILES string of the molecule is CC1OC(OC2CCC3(C)C(CCC4(C)C3CC=C3C5CC(C)(C)CCC5(C(=O)O)CCC34C)C2(C)C)C(OC2OC(CO)C(O)C2O)C(O)C1O. The number of aliphatic carboxylic acids is 1. The summed E-state index contributed by atoms with van der Waals surface area (Å²) < 4.78 is 24.6. The summed E-state index contributed by atoms with van der Waals surface area (Å²) in [5.74, 6) is 0.213. The molecule has 0 spiro atoms. The van der Waals surface area contributed by atoms with Crippen LogP contribution in [0.15, 0.2) is 11.6 Å². The van der Waals surface area contributed by atoms with Gasteiger partial charge in [0.25, 0.3) is 0 Å². The third-order valence-electron chi connectivity index (χ3n) is 16.9. The number of carboxylic acid groups (broad SMARTS) is 1. The first kappa shape index (κ1) is 39.1. The Kier molecular flexibility index (Phi) is 9.74. The van der Waals surface area contributed by atoms with Crippen molar-refractivity contribution in [2.45, 2.75) is 181 Å². The second-order valence-corrected chi connectivity index (χ2v) is 20.2. The van der Waals surface area contributed by atoms with Gasteiger partial charge in [0.15, 0.2) is 12.6 Å². The molecule has 0 aromatic heterocycles. The second kappa shape index (κ2) is 12.9. The van der Waals surface area contributed by atoms with Crippen LogP contribution in [0.3, 0.4) is 0 Å². The molecule has 2 aliphatic heterocycles. The minimum absolute atomic E-state index is 0.0120. The van der Waals surface area contributed by atoms with Crippen LogP contribution in [0.5, 0.6) is 0 Å². The van der Waals surface area contributed by atoms with Crippen molar-refractivity contribution >= 4 is 5.97 Å². The largest absolute Gasteiger partial charge is 0.481 e. The molecule has 11 heteroatoms. The third-order valence-corrected chi connectivity index (χ3v) is 16.9. The second-order valence-electron chi connectivity index (χ2n) is 20.2. The summed E-state index contributed by atoms with van der Waals surface area (Å²) in [7, 11) is 0. The lowest BCUT2D eigenvalue weighted by Crippen LogP contribution is -2.66. The summed E-state index contributed by atoms with van der Waals surface area (Å²) in [6.45, 7) is 17.8. The molecular formula is C41H66O11. The van der Waals surface area contributed by atoms with Crippen LogP contribution in [0.25, 0.3) is 0 Å². The minimum atomic E-state index is -1.47. The molecule has 11 nitrogen and oxygen atoms in total. The van der Waals surface area contributed by atoms with E-state index in [1.165, 1.54) is 5.57 Å². The van der Waals surface area contributed by atoms with Gasteiger partial charge in [0.2, 0.25) is 0 Å². The topological polar surface area (TPSA) is 175 Å². The molecule has 296 valence electrons. The number of fused-ring (bicyclic) bond motifs is 7. The maximum absolute atomic E-state index is 13.0. The summed E-state index contributed by atoms with van der Waals surface area (Å²) in [4.78, 5) is 13.0. The van der Waals surface area contributed by atoms with Crippen molar-refractivity contribution in [2.24, 2.45) is 50.2 Å². The number of hydrogen-bond acceptors (Lipinski definition) is 10. The van der Waals surface area contributed by atoms with Gasteiger partial charge in [0.1, 0.15) is 36.6 Å². The van der Waals surface area contributed by atoms with Gasteiger partial charge in [-0.3, -0.25) is 4.79 Å². The summed E-state index contributed by atoms with van der Waals surface area (Å²) in [6.07, 6.45) is 0.305. The van der Waals surface area contributed by atoms with Gasteiger partial charge in [-0.25, -0.2) is 0 Å². The number of carbonyl (C=O) groups is 1. The zero-order chi connectivity index (χ0) is 38.0. The molecule has 0 aromatic rings. The highest BCUT2D eigenvalue weighted by Gasteiger charge is 2.69. The fourth-order valence-electron chi connectivity index (χ4n) is 13.4. The van der Waals surface area contributed by atoms with E-state index >= 15 is 0 Å². The zero-order valence-electron chi connectivity index (χ0n) is 32.6. The van der Waals surface area contributed by atoms with Crippen molar-refractivity contribution in [1.82, 2.24) is 0 Å². The van der Waals surface area contributed by atoms with Crippen molar-refractivity contribution < 1.29 is 54.4 Å². The van der Waals surface area contributed by atoms with Crippen molar-refractivity contribution in [1.29, 1.82) is 0 Å². The first-order chi connectivity index (χ1) is 24.2. The summed E-state index contributed by atoms with van der Waals surface area (Å²) in [5, 5.41) is 63.2. The Morgan fingerprint density at radius 2 is 1.50 bits per heavy atom.